The van der Waals surface area contributed by atoms with Crippen molar-refractivity contribution in [3.8, 4) is 0 Å². The molecule has 7 heteroatoms. The largest absolute Gasteiger partial charge is 0.466 e. The van der Waals surface area contributed by atoms with Crippen molar-refractivity contribution in [3.05, 3.63) is 16.1 Å². The van der Waals surface area contributed by atoms with Gasteiger partial charge in [-0.1, -0.05) is 19.3 Å². The summed E-state index contributed by atoms with van der Waals surface area (Å²) in [6.45, 7) is 6.01. The fourth-order valence-electron chi connectivity index (χ4n) is 2.54. The highest BCUT2D eigenvalue weighted by molar-refractivity contribution is 7.09. The first-order chi connectivity index (χ1) is 12.1. The number of guanidine groups is 1. The van der Waals surface area contributed by atoms with Crippen LogP contribution in [0, 0.1) is 6.92 Å². The highest BCUT2D eigenvalue weighted by Gasteiger charge is 2.08. The summed E-state index contributed by atoms with van der Waals surface area (Å²) in [4.78, 5) is 22.1. The Morgan fingerprint density at radius 1 is 1.32 bits per heavy atom. The van der Waals surface area contributed by atoms with Crippen LogP contribution in [0.5, 0.6) is 0 Å². The Balaban J connectivity index is 2.10. The van der Waals surface area contributed by atoms with E-state index in [-0.39, 0.29) is 5.97 Å². The first kappa shape index (κ1) is 21.4. The molecule has 142 valence electrons. The Morgan fingerprint density at radius 3 is 2.68 bits per heavy atom. The standard InChI is InChI=1S/C18H32N4O2S/c1-5-24-17(23)11-9-7-6-8-10-12-20-18(19-3)22(4)13-16-14-25-15(2)21-16/h14H,5-13H2,1-4H3,(H,19,20). The third-order valence-corrected chi connectivity index (χ3v) is 4.61. The van der Waals surface area contributed by atoms with Crippen LogP contribution < -0.4 is 5.32 Å². The number of ether oxygens (including phenoxy) is 1. The number of aryl methyl sites for hydroxylation is 1. The van der Waals surface area contributed by atoms with Crippen molar-refractivity contribution in [3.63, 3.8) is 0 Å². The third-order valence-electron chi connectivity index (χ3n) is 3.79. The molecule has 0 aliphatic carbocycles. The van der Waals surface area contributed by atoms with Crippen LogP contribution in [0.1, 0.15) is 56.2 Å². The first-order valence-electron chi connectivity index (χ1n) is 9.05. The zero-order chi connectivity index (χ0) is 18.5. The van der Waals surface area contributed by atoms with E-state index in [1.807, 2.05) is 20.9 Å². The fourth-order valence-corrected chi connectivity index (χ4v) is 3.15. The highest BCUT2D eigenvalue weighted by atomic mass is 32.1. The Morgan fingerprint density at radius 2 is 2.04 bits per heavy atom. The second-order valence-electron chi connectivity index (χ2n) is 6.01. The zero-order valence-corrected chi connectivity index (χ0v) is 16.8. The summed E-state index contributed by atoms with van der Waals surface area (Å²) in [5, 5.41) is 6.58. The van der Waals surface area contributed by atoms with E-state index in [9.17, 15) is 4.79 Å². The van der Waals surface area contributed by atoms with Crippen molar-refractivity contribution in [2.75, 3.05) is 27.2 Å². The molecule has 0 bridgehead atoms. The maximum atomic E-state index is 11.2. The van der Waals surface area contributed by atoms with Gasteiger partial charge in [-0.3, -0.25) is 9.79 Å². The average molecular weight is 369 g/mol. The number of hydrogen-bond donors (Lipinski definition) is 1. The van der Waals surface area contributed by atoms with Crippen molar-refractivity contribution in [2.45, 2.75) is 58.9 Å². The number of esters is 1. The molecular formula is C18H32N4O2S. The van der Waals surface area contributed by atoms with E-state index >= 15 is 0 Å². The van der Waals surface area contributed by atoms with Crippen molar-refractivity contribution in [1.82, 2.24) is 15.2 Å². The minimum absolute atomic E-state index is 0.0775. The summed E-state index contributed by atoms with van der Waals surface area (Å²) in [6.07, 6.45) is 5.94. The van der Waals surface area contributed by atoms with Crippen molar-refractivity contribution >= 4 is 23.3 Å². The van der Waals surface area contributed by atoms with Gasteiger partial charge in [-0.25, -0.2) is 4.98 Å². The number of nitrogens with zero attached hydrogens (tertiary/aromatic N) is 3. The Hall–Kier alpha value is -1.63. The van der Waals surface area contributed by atoms with Crippen molar-refractivity contribution in [1.29, 1.82) is 0 Å². The fraction of sp³-hybridized carbons (Fsp3) is 0.722. The van der Waals surface area contributed by atoms with Crippen LogP contribution in [0.25, 0.3) is 0 Å². The van der Waals surface area contributed by atoms with Gasteiger partial charge in [0.1, 0.15) is 0 Å². The van der Waals surface area contributed by atoms with Crippen LogP contribution in [-0.2, 0) is 16.1 Å². The zero-order valence-electron chi connectivity index (χ0n) is 16.0. The summed E-state index contributed by atoms with van der Waals surface area (Å²) in [7, 11) is 3.83. The Bertz CT molecular complexity index is 531. The number of rotatable bonds is 11. The molecule has 0 unspecified atom stereocenters. The molecule has 1 aromatic heterocycles. The van der Waals surface area contributed by atoms with Gasteiger partial charge in [0.05, 0.1) is 23.9 Å². The molecule has 0 saturated heterocycles. The lowest BCUT2D eigenvalue weighted by Crippen LogP contribution is -2.38. The average Bonchev–Trinajstić information content (AvgIpc) is 2.98. The van der Waals surface area contributed by atoms with Crippen LogP contribution >= 0.6 is 11.3 Å². The van der Waals surface area contributed by atoms with E-state index in [0.29, 0.717) is 13.0 Å². The second kappa shape index (κ2) is 12.7. The summed E-state index contributed by atoms with van der Waals surface area (Å²) >= 11 is 1.67. The lowest BCUT2D eigenvalue weighted by Gasteiger charge is -2.21. The van der Waals surface area contributed by atoms with Gasteiger partial charge in [-0.05, 0) is 26.7 Å². The van der Waals surface area contributed by atoms with Gasteiger partial charge in [-0.15, -0.1) is 11.3 Å². The van der Waals surface area contributed by atoms with Crippen molar-refractivity contribution in [2.24, 2.45) is 4.99 Å². The van der Waals surface area contributed by atoms with Crippen molar-refractivity contribution < 1.29 is 9.53 Å². The number of unbranched alkanes of at least 4 members (excludes halogenated alkanes) is 4. The van der Waals surface area contributed by atoms with Gasteiger partial charge < -0.3 is 15.0 Å². The highest BCUT2D eigenvalue weighted by Crippen LogP contribution is 2.10. The SMILES string of the molecule is CCOC(=O)CCCCCCCNC(=NC)N(C)Cc1csc(C)n1. The van der Waals surface area contributed by atoms with E-state index in [1.54, 1.807) is 18.4 Å². The molecular weight excluding hydrogens is 336 g/mol. The number of aliphatic imine (C=N–C) groups is 1. The van der Waals surface area contributed by atoms with Gasteiger partial charge in [0, 0.05) is 32.4 Å². The molecule has 1 rings (SSSR count). The van der Waals surface area contributed by atoms with E-state index in [4.69, 9.17) is 4.74 Å². The van der Waals surface area contributed by atoms with Gasteiger partial charge in [0.2, 0.25) is 0 Å². The summed E-state index contributed by atoms with van der Waals surface area (Å²) in [5.41, 5.74) is 1.08. The monoisotopic (exact) mass is 368 g/mol. The quantitative estimate of drug-likeness (QED) is 0.281. The van der Waals surface area contributed by atoms with Gasteiger partial charge >= 0.3 is 5.97 Å². The summed E-state index contributed by atoms with van der Waals surface area (Å²) < 4.78 is 4.92. The van der Waals surface area contributed by atoms with Gasteiger partial charge in [0.15, 0.2) is 5.96 Å². The maximum Gasteiger partial charge on any atom is 0.305 e. The molecule has 0 aromatic carbocycles. The number of nitrogens with one attached hydrogen (secondary N) is 1. The molecule has 0 atom stereocenters. The maximum absolute atomic E-state index is 11.2. The van der Waals surface area contributed by atoms with Crippen LogP contribution in [0.4, 0.5) is 0 Å². The summed E-state index contributed by atoms with van der Waals surface area (Å²) in [6, 6.07) is 0. The second-order valence-corrected chi connectivity index (χ2v) is 7.07. The molecule has 0 saturated carbocycles. The lowest BCUT2D eigenvalue weighted by molar-refractivity contribution is -0.143. The molecule has 0 aliphatic rings. The van der Waals surface area contributed by atoms with Crippen LogP contribution in [0.3, 0.4) is 0 Å². The number of carbonyl (C=O) groups is 1. The molecule has 0 amide bonds. The molecule has 1 N–H and O–H groups in total. The van der Waals surface area contributed by atoms with E-state index in [0.717, 1.165) is 61.9 Å². The van der Waals surface area contributed by atoms with E-state index in [2.05, 4.69) is 25.6 Å². The van der Waals surface area contributed by atoms with E-state index < -0.39 is 0 Å². The number of carbonyl (C=O) groups excluding carboxylic acids is 1. The molecule has 0 radical (unpaired) electrons. The van der Waals surface area contributed by atoms with Crippen LogP contribution in [0.2, 0.25) is 0 Å². The van der Waals surface area contributed by atoms with Gasteiger partial charge in [0.25, 0.3) is 0 Å². The minimum atomic E-state index is -0.0775. The van der Waals surface area contributed by atoms with Crippen LogP contribution in [0.15, 0.2) is 10.4 Å². The smallest absolute Gasteiger partial charge is 0.305 e. The molecule has 0 aliphatic heterocycles. The number of thiazole rings is 1. The first-order valence-corrected chi connectivity index (χ1v) is 9.93. The molecule has 6 nitrogen and oxygen atoms in total. The molecule has 0 spiro atoms. The number of hydrogen-bond acceptors (Lipinski definition) is 5. The normalized spacial score (nSPS) is 11.4. The molecule has 0 fully saturated rings. The summed E-state index contributed by atoms with van der Waals surface area (Å²) in [5.74, 6) is 0.819. The van der Waals surface area contributed by atoms with E-state index in [1.165, 1.54) is 0 Å². The van der Waals surface area contributed by atoms with Crippen LogP contribution in [-0.4, -0.2) is 49.1 Å². The predicted molar refractivity (Wildman–Crippen MR) is 104 cm³/mol. The molecule has 25 heavy (non-hydrogen) atoms. The Labute approximate surface area is 155 Å². The predicted octanol–water partition coefficient (Wildman–Crippen LogP) is 3.36. The molecule has 1 aromatic rings. The molecule has 1 heterocycles. The lowest BCUT2D eigenvalue weighted by atomic mass is 10.1. The minimum Gasteiger partial charge on any atom is -0.466 e. The third kappa shape index (κ3) is 9.43. The number of aromatic nitrogens is 1. The van der Waals surface area contributed by atoms with Gasteiger partial charge in [-0.2, -0.15) is 0 Å². The Kier molecular flexibility index (Phi) is 10.9. The topological polar surface area (TPSA) is 66.8 Å².